The van der Waals surface area contributed by atoms with Gasteiger partial charge < -0.3 is 15.7 Å². The van der Waals surface area contributed by atoms with Crippen molar-refractivity contribution in [3.8, 4) is 0 Å². The van der Waals surface area contributed by atoms with Crippen LogP contribution in [-0.2, 0) is 4.79 Å². The lowest BCUT2D eigenvalue weighted by atomic mass is 10.2. The van der Waals surface area contributed by atoms with Gasteiger partial charge in [0, 0.05) is 39.3 Å². The van der Waals surface area contributed by atoms with Gasteiger partial charge in [-0.25, -0.2) is 0 Å². The van der Waals surface area contributed by atoms with Gasteiger partial charge in [-0.3, -0.25) is 9.69 Å². The van der Waals surface area contributed by atoms with Gasteiger partial charge in [-0.05, 0) is 0 Å². The summed E-state index contributed by atoms with van der Waals surface area (Å²) < 4.78 is 0. The van der Waals surface area contributed by atoms with Crippen molar-refractivity contribution in [2.75, 3.05) is 39.3 Å². The van der Waals surface area contributed by atoms with Gasteiger partial charge in [0.15, 0.2) is 0 Å². The molecule has 1 rings (SSSR count). The van der Waals surface area contributed by atoms with Gasteiger partial charge >= 0.3 is 0 Å². The highest BCUT2D eigenvalue weighted by molar-refractivity contribution is 5.47. The Morgan fingerprint density at radius 2 is 2.00 bits per heavy atom. The molecule has 0 spiro atoms. The first kappa shape index (κ1) is 10.4. The van der Waals surface area contributed by atoms with E-state index in [0.29, 0.717) is 13.1 Å². The number of hydrogen-bond acceptors (Lipinski definition) is 4. The molecule has 1 aliphatic heterocycles. The molecule has 0 aromatic carbocycles. The van der Waals surface area contributed by atoms with Crippen LogP contribution in [0.2, 0.25) is 0 Å². The molecule has 1 saturated heterocycles. The molecule has 1 unspecified atom stereocenters. The number of aliphatic hydroxyl groups excluding tert-OH is 1. The van der Waals surface area contributed by atoms with Crippen molar-refractivity contribution in [2.24, 2.45) is 5.73 Å². The molecule has 0 radical (unpaired) electrons. The summed E-state index contributed by atoms with van der Waals surface area (Å²) in [5.41, 5.74) is 5.30. The fourth-order valence-corrected chi connectivity index (χ4v) is 1.42. The predicted octanol–water partition coefficient (Wildman–Crippen LogP) is -1.92. The van der Waals surface area contributed by atoms with Crippen molar-refractivity contribution >= 4 is 6.41 Å². The summed E-state index contributed by atoms with van der Waals surface area (Å²) in [6, 6.07) is 0. The Labute approximate surface area is 78.1 Å². The molecule has 13 heavy (non-hydrogen) atoms. The van der Waals surface area contributed by atoms with Crippen molar-refractivity contribution in [3.05, 3.63) is 0 Å². The first-order valence-electron chi connectivity index (χ1n) is 4.56. The number of hydrogen-bond donors (Lipinski definition) is 2. The average molecular weight is 187 g/mol. The zero-order valence-electron chi connectivity index (χ0n) is 7.72. The number of carbonyl (C=O) groups excluding carboxylic acids is 1. The van der Waals surface area contributed by atoms with Gasteiger partial charge in [-0.2, -0.15) is 0 Å². The maximum Gasteiger partial charge on any atom is 0.209 e. The number of aliphatic hydroxyl groups is 1. The molecule has 5 heteroatoms. The van der Waals surface area contributed by atoms with E-state index in [0.717, 1.165) is 32.6 Å². The Bertz CT molecular complexity index is 157. The summed E-state index contributed by atoms with van der Waals surface area (Å²) in [7, 11) is 0. The van der Waals surface area contributed by atoms with E-state index < -0.39 is 6.10 Å². The fourth-order valence-electron chi connectivity index (χ4n) is 1.42. The zero-order chi connectivity index (χ0) is 9.68. The van der Waals surface area contributed by atoms with E-state index in [1.54, 1.807) is 4.90 Å². The predicted molar refractivity (Wildman–Crippen MR) is 49.1 cm³/mol. The lowest BCUT2D eigenvalue weighted by molar-refractivity contribution is -0.119. The Morgan fingerprint density at radius 1 is 1.38 bits per heavy atom. The van der Waals surface area contributed by atoms with Gasteiger partial charge in [-0.15, -0.1) is 0 Å². The molecule has 76 valence electrons. The highest BCUT2D eigenvalue weighted by Gasteiger charge is 2.16. The number of β-amino-alcohol motifs (C(OH)–C–C–N with tert-alkyl or cyclic N) is 1. The fraction of sp³-hybridized carbons (Fsp3) is 0.875. The van der Waals surface area contributed by atoms with Crippen LogP contribution < -0.4 is 5.73 Å². The number of piperazine rings is 1. The molecular formula is C8H17N3O2. The molecule has 1 fully saturated rings. The SMILES string of the molecule is NCC(O)CN1CCN(C=O)CC1. The van der Waals surface area contributed by atoms with Crippen molar-refractivity contribution in [1.82, 2.24) is 9.80 Å². The van der Waals surface area contributed by atoms with E-state index in [1.165, 1.54) is 0 Å². The Balaban J connectivity index is 2.20. The minimum atomic E-state index is -0.442. The maximum atomic E-state index is 10.4. The third-order valence-corrected chi connectivity index (χ3v) is 2.30. The normalized spacial score (nSPS) is 21.5. The van der Waals surface area contributed by atoms with E-state index in [9.17, 15) is 9.90 Å². The van der Waals surface area contributed by atoms with Gasteiger partial charge in [-0.1, -0.05) is 0 Å². The van der Waals surface area contributed by atoms with Crippen LogP contribution in [0.25, 0.3) is 0 Å². The van der Waals surface area contributed by atoms with Crippen molar-refractivity contribution in [2.45, 2.75) is 6.10 Å². The van der Waals surface area contributed by atoms with Crippen LogP contribution in [0.3, 0.4) is 0 Å². The molecule has 0 aliphatic carbocycles. The molecule has 1 heterocycles. The third-order valence-electron chi connectivity index (χ3n) is 2.30. The van der Waals surface area contributed by atoms with Gasteiger partial charge in [0.25, 0.3) is 0 Å². The van der Waals surface area contributed by atoms with E-state index >= 15 is 0 Å². The molecule has 0 aromatic heterocycles. The van der Waals surface area contributed by atoms with E-state index in [-0.39, 0.29) is 0 Å². The largest absolute Gasteiger partial charge is 0.390 e. The third kappa shape index (κ3) is 3.30. The second-order valence-corrected chi connectivity index (χ2v) is 3.33. The van der Waals surface area contributed by atoms with Gasteiger partial charge in [0.1, 0.15) is 0 Å². The molecule has 5 nitrogen and oxygen atoms in total. The van der Waals surface area contributed by atoms with Crippen molar-refractivity contribution < 1.29 is 9.90 Å². The lowest BCUT2D eigenvalue weighted by Gasteiger charge is -2.33. The summed E-state index contributed by atoms with van der Waals surface area (Å²) in [6.07, 6.45) is 0.430. The highest BCUT2D eigenvalue weighted by atomic mass is 16.3. The van der Waals surface area contributed by atoms with Crippen molar-refractivity contribution in [1.29, 1.82) is 0 Å². The molecule has 0 aromatic rings. The second-order valence-electron chi connectivity index (χ2n) is 3.33. The minimum absolute atomic E-state index is 0.299. The Morgan fingerprint density at radius 3 is 2.46 bits per heavy atom. The van der Waals surface area contributed by atoms with Crippen LogP contribution in [-0.4, -0.2) is 66.7 Å². The van der Waals surface area contributed by atoms with Crippen LogP contribution in [0.5, 0.6) is 0 Å². The zero-order valence-corrected chi connectivity index (χ0v) is 7.72. The van der Waals surface area contributed by atoms with Crippen LogP contribution in [0.4, 0.5) is 0 Å². The molecule has 0 saturated carbocycles. The first-order chi connectivity index (χ1) is 6.26. The molecule has 1 atom stereocenters. The summed E-state index contributed by atoms with van der Waals surface area (Å²) in [5.74, 6) is 0. The Kier molecular flexibility index (Phi) is 4.14. The number of amides is 1. The molecule has 1 aliphatic rings. The Hall–Kier alpha value is -0.650. The molecule has 0 bridgehead atoms. The van der Waals surface area contributed by atoms with Crippen molar-refractivity contribution in [3.63, 3.8) is 0 Å². The smallest absolute Gasteiger partial charge is 0.209 e. The summed E-state index contributed by atoms with van der Waals surface area (Å²) >= 11 is 0. The van der Waals surface area contributed by atoms with Crippen LogP contribution in [0.15, 0.2) is 0 Å². The average Bonchev–Trinajstić information content (AvgIpc) is 2.19. The van der Waals surface area contributed by atoms with E-state index in [1.807, 2.05) is 0 Å². The lowest BCUT2D eigenvalue weighted by Crippen LogP contribution is -2.48. The van der Waals surface area contributed by atoms with Crippen LogP contribution in [0, 0.1) is 0 Å². The summed E-state index contributed by atoms with van der Waals surface area (Å²) in [4.78, 5) is 14.2. The van der Waals surface area contributed by atoms with Crippen LogP contribution in [0.1, 0.15) is 0 Å². The highest BCUT2D eigenvalue weighted by Crippen LogP contribution is 1.99. The number of nitrogens with two attached hydrogens (primary N) is 1. The first-order valence-corrected chi connectivity index (χ1v) is 4.56. The second kappa shape index (κ2) is 5.16. The van der Waals surface area contributed by atoms with Gasteiger partial charge in [0.2, 0.25) is 6.41 Å². The summed E-state index contributed by atoms with van der Waals surface area (Å²) in [6.45, 7) is 4.07. The number of rotatable bonds is 4. The monoisotopic (exact) mass is 187 g/mol. The molecule has 3 N–H and O–H groups in total. The van der Waals surface area contributed by atoms with Gasteiger partial charge in [0.05, 0.1) is 6.10 Å². The van der Waals surface area contributed by atoms with Crippen LogP contribution >= 0.6 is 0 Å². The minimum Gasteiger partial charge on any atom is -0.390 e. The number of carbonyl (C=O) groups is 1. The topological polar surface area (TPSA) is 69.8 Å². The molecule has 1 amide bonds. The summed E-state index contributed by atoms with van der Waals surface area (Å²) in [5, 5.41) is 9.28. The standard InChI is InChI=1S/C8H17N3O2/c9-5-8(13)6-10-1-3-11(7-12)4-2-10/h7-8,13H,1-6,9H2. The van der Waals surface area contributed by atoms with E-state index in [4.69, 9.17) is 5.73 Å². The number of nitrogens with zero attached hydrogens (tertiary/aromatic N) is 2. The quantitative estimate of drug-likeness (QED) is 0.503. The maximum absolute atomic E-state index is 10.4. The van der Waals surface area contributed by atoms with E-state index in [2.05, 4.69) is 4.90 Å². The molecular weight excluding hydrogens is 170 g/mol.